The van der Waals surface area contributed by atoms with Gasteiger partial charge in [0.15, 0.2) is 0 Å². The molecule has 23 heavy (non-hydrogen) atoms. The number of benzene rings is 1. The summed E-state index contributed by atoms with van der Waals surface area (Å²) >= 11 is 11.8. The Kier molecular flexibility index (Phi) is 5.58. The maximum atomic E-state index is 12.1. The zero-order valence-corrected chi connectivity index (χ0v) is 13.6. The minimum Gasteiger partial charge on any atom is -0.345 e. The molecule has 7 heteroatoms. The zero-order valence-electron chi connectivity index (χ0n) is 12.1. The Balaban J connectivity index is 2.10. The monoisotopic (exact) mass is 346 g/mol. The van der Waals surface area contributed by atoms with Crippen molar-refractivity contribution >= 4 is 40.6 Å². The molecule has 1 heterocycles. The third kappa shape index (κ3) is 4.71. The Bertz CT molecular complexity index is 812. The van der Waals surface area contributed by atoms with Crippen LogP contribution in [0.2, 0.25) is 10.0 Å². The molecule has 0 atom stereocenters. The van der Waals surface area contributed by atoms with Crippen molar-refractivity contribution in [2.45, 2.75) is 6.92 Å². The predicted molar refractivity (Wildman–Crippen MR) is 91.4 cm³/mol. The van der Waals surface area contributed by atoms with Crippen LogP contribution in [0.1, 0.15) is 5.56 Å². The van der Waals surface area contributed by atoms with Crippen LogP contribution in [0.3, 0.4) is 0 Å². The molecule has 0 aliphatic rings. The molecule has 116 valence electrons. The second kappa shape index (κ2) is 7.63. The molecule has 5 nitrogen and oxygen atoms in total. The normalized spacial score (nSPS) is 10.8. The van der Waals surface area contributed by atoms with Crippen molar-refractivity contribution in [3.63, 3.8) is 0 Å². The van der Waals surface area contributed by atoms with Gasteiger partial charge < -0.3 is 10.6 Å². The van der Waals surface area contributed by atoms with Crippen LogP contribution in [0.4, 0.5) is 11.5 Å². The number of carbonyl (C=O) groups excluding carboxylic acids is 1. The number of nitriles is 1. The minimum atomic E-state index is -0.554. The SMILES string of the molecule is Cc1ccc(NC(=O)/C(C#N)=C\Nc2cc(Cl)ccn2)cc1Cl. The molecular formula is C16H12Cl2N4O. The van der Waals surface area contributed by atoms with Crippen LogP contribution >= 0.6 is 23.2 Å². The van der Waals surface area contributed by atoms with Crippen LogP contribution < -0.4 is 10.6 Å². The molecule has 0 unspecified atom stereocenters. The Morgan fingerprint density at radius 1 is 1.30 bits per heavy atom. The summed E-state index contributed by atoms with van der Waals surface area (Å²) in [5.74, 6) is -0.127. The van der Waals surface area contributed by atoms with E-state index in [0.29, 0.717) is 21.6 Å². The van der Waals surface area contributed by atoms with Crippen LogP contribution in [-0.4, -0.2) is 10.9 Å². The van der Waals surface area contributed by atoms with E-state index in [4.69, 9.17) is 28.5 Å². The maximum absolute atomic E-state index is 12.1. The Morgan fingerprint density at radius 2 is 2.09 bits per heavy atom. The Hall–Kier alpha value is -2.55. The molecule has 0 saturated heterocycles. The van der Waals surface area contributed by atoms with Crippen molar-refractivity contribution in [2.75, 3.05) is 10.6 Å². The summed E-state index contributed by atoms with van der Waals surface area (Å²) in [6, 6.07) is 10.1. The van der Waals surface area contributed by atoms with Gasteiger partial charge >= 0.3 is 0 Å². The summed E-state index contributed by atoms with van der Waals surface area (Å²) in [6.45, 7) is 1.86. The number of nitrogens with zero attached hydrogens (tertiary/aromatic N) is 2. The van der Waals surface area contributed by atoms with Gasteiger partial charge in [0, 0.05) is 28.1 Å². The standard InChI is InChI=1S/C16H12Cl2N4O/c1-10-2-3-13(7-14(10)18)22-16(23)11(8-19)9-21-15-6-12(17)4-5-20-15/h2-7,9H,1H3,(H,20,21)(H,22,23)/b11-9-. The number of nitrogens with one attached hydrogen (secondary N) is 2. The topological polar surface area (TPSA) is 77.8 Å². The van der Waals surface area contributed by atoms with Crippen molar-refractivity contribution in [1.29, 1.82) is 5.26 Å². The predicted octanol–water partition coefficient (Wildman–Crippen LogP) is 4.15. The van der Waals surface area contributed by atoms with Crippen LogP contribution in [-0.2, 0) is 4.79 Å². The molecule has 0 saturated carbocycles. The first-order valence-corrected chi connectivity index (χ1v) is 7.31. The molecule has 1 amide bonds. The molecule has 1 aromatic carbocycles. The summed E-state index contributed by atoms with van der Waals surface area (Å²) in [4.78, 5) is 16.1. The molecule has 0 aliphatic heterocycles. The van der Waals surface area contributed by atoms with E-state index in [-0.39, 0.29) is 5.57 Å². The van der Waals surface area contributed by atoms with E-state index in [9.17, 15) is 4.79 Å². The molecule has 2 rings (SSSR count). The third-order valence-electron chi connectivity index (χ3n) is 2.88. The van der Waals surface area contributed by atoms with E-state index in [1.807, 2.05) is 13.0 Å². The second-order valence-electron chi connectivity index (χ2n) is 4.59. The first kappa shape index (κ1) is 16.8. The van der Waals surface area contributed by atoms with Crippen LogP contribution in [0.15, 0.2) is 48.3 Å². The number of halogens is 2. The molecular weight excluding hydrogens is 335 g/mol. The smallest absolute Gasteiger partial charge is 0.267 e. The minimum absolute atomic E-state index is 0.108. The lowest BCUT2D eigenvalue weighted by atomic mass is 10.2. The van der Waals surface area contributed by atoms with Gasteiger partial charge in [-0.3, -0.25) is 4.79 Å². The lowest BCUT2D eigenvalue weighted by molar-refractivity contribution is -0.112. The van der Waals surface area contributed by atoms with E-state index in [2.05, 4.69) is 15.6 Å². The fourth-order valence-electron chi connectivity index (χ4n) is 1.65. The number of amides is 1. The van der Waals surface area contributed by atoms with Gasteiger partial charge in [0.1, 0.15) is 17.5 Å². The number of aromatic nitrogens is 1. The van der Waals surface area contributed by atoms with Crippen molar-refractivity contribution in [1.82, 2.24) is 4.98 Å². The number of hydrogen-bond donors (Lipinski definition) is 2. The molecule has 1 aromatic heterocycles. The van der Waals surface area contributed by atoms with Crippen molar-refractivity contribution < 1.29 is 4.79 Å². The summed E-state index contributed by atoms with van der Waals surface area (Å²) < 4.78 is 0. The average Bonchev–Trinajstić information content (AvgIpc) is 2.51. The number of hydrogen-bond acceptors (Lipinski definition) is 4. The van der Waals surface area contributed by atoms with E-state index < -0.39 is 5.91 Å². The fraction of sp³-hybridized carbons (Fsp3) is 0.0625. The van der Waals surface area contributed by atoms with E-state index in [1.165, 1.54) is 12.4 Å². The molecule has 2 N–H and O–H groups in total. The van der Waals surface area contributed by atoms with E-state index in [1.54, 1.807) is 30.3 Å². The van der Waals surface area contributed by atoms with Gasteiger partial charge in [-0.2, -0.15) is 5.26 Å². The number of carbonyl (C=O) groups is 1. The third-order valence-corrected chi connectivity index (χ3v) is 3.52. The summed E-state index contributed by atoms with van der Waals surface area (Å²) in [5.41, 5.74) is 1.30. The summed E-state index contributed by atoms with van der Waals surface area (Å²) in [7, 11) is 0. The Morgan fingerprint density at radius 3 is 2.74 bits per heavy atom. The number of aryl methyl sites for hydroxylation is 1. The molecule has 0 radical (unpaired) electrons. The summed E-state index contributed by atoms with van der Waals surface area (Å²) in [6.07, 6.45) is 2.78. The summed E-state index contributed by atoms with van der Waals surface area (Å²) in [5, 5.41) is 15.5. The van der Waals surface area contributed by atoms with Gasteiger partial charge in [-0.25, -0.2) is 4.98 Å². The van der Waals surface area contributed by atoms with Gasteiger partial charge in [0.2, 0.25) is 0 Å². The van der Waals surface area contributed by atoms with Crippen LogP contribution in [0.5, 0.6) is 0 Å². The average molecular weight is 347 g/mol. The van der Waals surface area contributed by atoms with E-state index >= 15 is 0 Å². The lowest BCUT2D eigenvalue weighted by Gasteiger charge is -2.06. The number of anilines is 2. The fourth-order valence-corrected chi connectivity index (χ4v) is 1.99. The van der Waals surface area contributed by atoms with Gasteiger partial charge in [-0.15, -0.1) is 0 Å². The first-order chi connectivity index (χ1) is 11.0. The quantitative estimate of drug-likeness (QED) is 0.643. The molecule has 0 bridgehead atoms. The van der Waals surface area contributed by atoms with Crippen LogP contribution in [0.25, 0.3) is 0 Å². The van der Waals surface area contributed by atoms with Crippen LogP contribution in [0, 0.1) is 18.3 Å². The molecule has 0 spiro atoms. The molecule has 0 aliphatic carbocycles. The van der Waals surface area contributed by atoms with Crippen molar-refractivity contribution in [3.05, 3.63) is 63.9 Å². The molecule has 2 aromatic rings. The maximum Gasteiger partial charge on any atom is 0.267 e. The highest BCUT2D eigenvalue weighted by Crippen LogP contribution is 2.20. The second-order valence-corrected chi connectivity index (χ2v) is 5.44. The largest absolute Gasteiger partial charge is 0.345 e. The highest BCUT2D eigenvalue weighted by Gasteiger charge is 2.10. The number of pyridine rings is 1. The zero-order chi connectivity index (χ0) is 16.8. The molecule has 0 fully saturated rings. The van der Waals surface area contributed by atoms with Crippen molar-refractivity contribution in [2.24, 2.45) is 0 Å². The van der Waals surface area contributed by atoms with Gasteiger partial charge in [-0.05, 0) is 36.8 Å². The Labute approximate surface area is 143 Å². The highest BCUT2D eigenvalue weighted by atomic mass is 35.5. The van der Waals surface area contributed by atoms with Gasteiger partial charge in [0.05, 0.1) is 0 Å². The lowest BCUT2D eigenvalue weighted by Crippen LogP contribution is -2.14. The van der Waals surface area contributed by atoms with Gasteiger partial charge in [-0.1, -0.05) is 29.3 Å². The first-order valence-electron chi connectivity index (χ1n) is 6.55. The highest BCUT2D eigenvalue weighted by molar-refractivity contribution is 6.31. The van der Waals surface area contributed by atoms with E-state index in [0.717, 1.165) is 5.56 Å². The van der Waals surface area contributed by atoms with Gasteiger partial charge in [0.25, 0.3) is 5.91 Å². The van der Waals surface area contributed by atoms with Crippen molar-refractivity contribution in [3.8, 4) is 6.07 Å². The number of rotatable bonds is 4.